The molecule has 4 nitrogen and oxygen atoms in total. The third kappa shape index (κ3) is 1.69. The number of nitrogens with zero attached hydrogens (tertiary/aromatic N) is 1. The highest BCUT2D eigenvalue weighted by molar-refractivity contribution is 5.88. The highest BCUT2D eigenvalue weighted by Gasteiger charge is 2.48. The van der Waals surface area contributed by atoms with Gasteiger partial charge in [0.15, 0.2) is 0 Å². The van der Waals surface area contributed by atoms with E-state index in [0.29, 0.717) is 6.61 Å². The monoisotopic (exact) mass is 233 g/mol. The summed E-state index contributed by atoms with van der Waals surface area (Å²) in [7, 11) is 2.11. The van der Waals surface area contributed by atoms with E-state index in [-0.39, 0.29) is 11.1 Å². The number of aromatic carboxylic acids is 1. The lowest BCUT2D eigenvalue weighted by Gasteiger charge is -2.23. The van der Waals surface area contributed by atoms with Gasteiger partial charge in [-0.3, -0.25) is 4.90 Å². The van der Waals surface area contributed by atoms with Gasteiger partial charge in [0.25, 0.3) is 0 Å². The van der Waals surface area contributed by atoms with E-state index in [9.17, 15) is 4.79 Å². The SMILES string of the molecule is CN1Cc2ccc(C(=O)O)cc2OCC12CC2. The minimum Gasteiger partial charge on any atom is -0.491 e. The largest absolute Gasteiger partial charge is 0.491 e. The zero-order valence-electron chi connectivity index (χ0n) is 9.77. The fourth-order valence-corrected chi connectivity index (χ4v) is 2.37. The highest BCUT2D eigenvalue weighted by Crippen LogP contribution is 2.44. The predicted molar refractivity (Wildman–Crippen MR) is 62.3 cm³/mol. The second-order valence-electron chi connectivity index (χ2n) is 5.00. The van der Waals surface area contributed by atoms with E-state index in [4.69, 9.17) is 9.84 Å². The quantitative estimate of drug-likeness (QED) is 0.802. The normalized spacial score (nSPS) is 21.5. The first kappa shape index (κ1) is 10.6. The molecule has 0 unspecified atom stereocenters. The van der Waals surface area contributed by atoms with Crippen LogP contribution in [0.2, 0.25) is 0 Å². The van der Waals surface area contributed by atoms with Gasteiger partial charge >= 0.3 is 5.97 Å². The van der Waals surface area contributed by atoms with Gasteiger partial charge in [-0.1, -0.05) is 6.07 Å². The molecule has 1 aliphatic carbocycles. The van der Waals surface area contributed by atoms with Gasteiger partial charge in [-0.05, 0) is 32.0 Å². The molecule has 1 spiro atoms. The van der Waals surface area contributed by atoms with Crippen molar-refractivity contribution in [3.8, 4) is 5.75 Å². The summed E-state index contributed by atoms with van der Waals surface area (Å²) in [5.41, 5.74) is 1.56. The molecule has 0 saturated heterocycles. The van der Waals surface area contributed by atoms with Crippen LogP contribution in [0.4, 0.5) is 0 Å². The number of carboxylic acids is 1. The minimum absolute atomic E-state index is 0.197. The van der Waals surface area contributed by atoms with Gasteiger partial charge in [0.05, 0.1) is 11.1 Å². The lowest BCUT2D eigenvalue weighted by Crippen LogP contribution is -2.36. The lowest BCUT2D eigenvalue weighted by molar-refractivity contribution is 0.0696. The molecular weight excluding hydrogens is 218 g/mol. The molecule has 3 rings (SSSR count). The molecule has 90 valence electrons. The number of rotatable bonds is 1. The fourth-order valence-electron chi connectivity index (χ4n) is 2.37. The number of carbonyl (C=O) groups is 1. The topological polar surface area (TPSA) is 49.8 Å². The summed E-state index contributed by atoms with van der Waals surface area (Å²) in [6, 6.07) is 5.13. The number of hydrogen-bond acceptors (Lipinski definition) is 3. The Hall–Kier alpha value is -1.55. The standard InChI is InChI=1S/C13H15NO3/c1-14-7-10-3-2-9(12(15)16)6-11(10)17-8-13(14)4-5-13/h2-3,6H,4-5,7-8H2,1H3,(H,15,16). The van der Waals surface area contributed by atoms with E-state index < -0.39 is 5.97 Å². The maximum atomic E-state index is 10.9. The van der Waals surface area contributed by atoms with E-state index in [1.807, 2.05) is 6.07 Å². The zero-order chi connectivity index (χ0) is 12.0. The van der Waals surface area contributed by atoms with Crippen LogP contribution in [0.5, 0.6) is 5.75 Å². The van der Waals surface area contributed by atoms with Gasteiger partial charge < -0.3 is 9.84 Å². The molecule has 0 aromatic heterocycles. The van der Waals surface area contributed by atoms with Crippen molar-refractivity contribution in [1.29, 1.82) is 0 Å². The van der Waals surface area contributed by atoms with Gasteiger partial charge in [-0.15, -0.1) is 0 Å². The summed E-state index contributed by atoms with van der Waals surface area (Å²) in [6.45, 7) is 1.49. The van der Waals surface area contributed by atoms with Crippen LogP contribution >= 0.6 is 0 Å². The van der Waals surface area contributed by atoms with Crippen LogP contribution in [0.15, 0.2) is 18.2 Å². The maximum Gasteiger partial charge on any atom is 0.335 e. The first-order valence-electron chi connectivity index (χ1n) is 5.81. The van der Waals surface area contributed by atoms with Crippen molar-refractivity contribution in [3.05, 3.63) is 29.3 Å². The van der Waals surface area contributed by atoms with Gasteiger partial charge in [0.1, 0.15) is 12.4 Å². The van der Waals surface area contributed by atoms with Gasteiger partial charge in [0, 0.05) is 12.1 Å². The molecule has 0 radical (unpaired) electrons. The van der Waals surface area contributed by atoms with Crippen LogP contribution in [0, 0.1) is 0 Å². The molecule has 1 fully saturated rings. The third-order valence-corrected chi connectivity index (χ3v) is 3.85. The van der Waals surface area contributed by atoms with E-state index >= 15 is 0 Å². The first-order valence-corrected chi connectivity index (χ1v) is 5.81. The first-order chi connectivity index (χ1) is 8.11. The van der Waals surface area contributed by atoms with Crippen LogP contribution < -0.4 is 4.74 Å². The van der Waals surface area contributed by atoms with Gasteiger partial charge in [-0.25, -0.2) is 4.79 Å². The summed E-state index contributed by atoms with van der Waals surface area (Å²) < 4.78 is 5.78. The van der Waals surface area contributed by atoms with Crippen LogP contribution in [0.3, 0.4) is 0 Å². The lowest BCUT2D eigenvalue weighted by atomic mass is 10.1. The molecule has 0 bridgehead atoms. The Morgan fingerprint density at radius 2 is 2.24 bits per heavy atom. The summed E-state index contributed by atoms with van der Waals surface area (Å²) >= 11 is 0. The van der Waals surface area contributed by atoms with Crippen LogP contribution in [-0.2, 0) is 6.54 Å². The molecule has 1 saturated carbocycles. The third-order valence-electron chi connectivity index (χ3n) is 3.85. The summed E-state index contributed by atoms with van der Waals surface area (Å²) in [5.74, 6) is -0.185. The van der Waals surface area contributed by atoms with Crippen molar-refractivity contribution in [2.45, 2.75) is 24.9 Å². The van der Waals surface area contributed by atoms with Crippen LogP contribution in [-0.4, -0.2) is 35.2 Å². The van der Waals surface area contributed by atoms with Crippen LogP contribution in [0.1, 0.15) is 28.8 Å². The molecule has 1 heterocycles. The van der Waals surface area contributed by atoms with Crippen LogP contribution in [0.25, 0.3) is 0 Å². The molecule has 1 aromatic carbocycles. The number of carboxylic acid groups (broad SMARTS) is 1. The number of benzene rings is 1. The molecule has 4 heteroatoms. The van der Waals surface area contributed by atoms with E-state index in [2.05, 4.69) is 11.9 Å². The summed E-state index contributed by atoms with van der Waals surface area (Å²) in [5, 5.41) is 8.96. The van der Waals surface area contributed by atoms with E-state index in [0.717, 1.165) is 17.9 Å². The molecule has 1 aliphatic heterocycles. The number of likely N-dealkylation sites (N-methyl/N-ethyl adjacent to an activating group) is 1. The zero-order valence-corrected chi connectivity index (χ0v) is 9.77. The van der Waals surface area contributed by atoms with E-state index in [1.165, 1.54) is 12.8 Å². The van der Waals surface area contributed by atoms with Gasteiger partial charge in [0.2, 0.25) is 0 Å². The van der Waals surface area contributed by atoms with Gasteiger partial charge in [-0.2, -0.15) is 0 Å². The average molecular weight is 233 g/mol. The van der Waals surface area contributed by atoms with Crippen molar-refractivity contribution < 1.29 is 14.6 Å². The Bertz CT molecular complexity index is 480. The van der Waals surface area contributed by atoms with Crippen molar-refractivity contribution in [1.82, 2.24) is 4.90 Å². The highest BCUT2D eigenvalue weighted by atomic mass is 16.5. The smallest absolute Gasteiger partial charge is 0.335 e. The molecular formula is C13H15NO3. The molecule has 17 heavy (non-hydrogen) atoms. The van der Waals surface area contributed by atoms with Crippen molar-refractivity contribution in [2.24, 2.45) is 0 Å². The summed E-state index contributed by atoms with van der Waals surface area (Å²) in [4.78, 5) is 13.2. The average Bonchev–Trinajstić information content (AvgIpc) is 3.09. The Morgan fingerprint density at radius 3 is 2.88 bits per heavy atom. The molecule has 2 aliphatic rings. The van der Waals surface area contributed by atoms with Crippen molar-refractivity contribution in [3.63, 3.8) is 0 Å². The van der Waals surface area contributed by atoms with Crippen molar-refractivity contribution >= 4 is 5.97 Å². The second-order valence-corrected chi connectivity index (χ2v) is 5.00. The Kier molecular flexibility index (Phi) is 2.16. The van der Waals surface area contributed by atoms with E-state index in [1.54, 1.807) is 12.1 Å². The number of ether oxygens (including phenoxy) is 1. The second kappa shape index (κ2) is 3.47. The fraction of sp³-hybridized carbons (Fsp3) is 0.462. The number of fused-ring (bicyclic) bond motifs is 1. The minimum atomic E-state index is -0.907. The maximum absolute atomic E-state index is 10.9. The Morgan fingerprint density at radius 1 is 1.47 bits per heavy atom. The summed E-state index contributed by atoms with van der Waals surface area (Å²) in [6.07, 6.45) is 2.34. The Balaban J connectivity index is 1.95. The number of hydrogen-bond donors (Lipinski definition) is 1. The molecule has 1 aromatic rings. The molecule has 0 atom stereocenters. The Labute approximate surface area is 99.8 Å². The molecule has 1 N–H and O–H groups in total. The molecule has 0 amide bonds. The predicted octanol–water partition coefficient (Wildman–Crippen LogP) is 1.74. The van der Waals surface area contributed by atoms with Crippen molar-refractivity contribution in [2.75, 3.05) is 13.7 Å².